The van der Waals surface area contributed by atoms with Crippen molar-refractivity contribution >= 4 is 71.5 Å². The van der Waals surface area contributed by atoms with Gasteiger partial charge in [-0.15, -0.1) is 0 Å². The van der Waals surface area contributed by atoms with Gasteiger partial charge in [0.15, 0.2) is 5.58 Å². The molecule has 55 heavy (non-hydrogen) atoms. The Morgan fingerprint density at radius 2 is 1.13 bits per heavy atom. The maximum absolute atomic E-state index is 6.42. The molecule has 4 nitrogen and oxygen atoms in total. The summed E-state index contributed by atoms with van der Waals surface area (Å²) in [6.07, 6.45) is 0. The van der Waals surface area contributed by atoms with Crippen molar-refractivity contribution in [1.29, 1.82) is 0 Å². The van der Waals surface area contributed by atoms with Gasteiger partial charge in [-0.2, -0.15) is 0 Å². The predicted octanol–water partition coefficient (Wildman–Crippen LogP) is 14.0. The number of anilines is 3. The van der Waals surface area contributed by atoms with Crippen molar-refractivity contribution in [2.45, 2.75) is 0 Å². The van der Waals surface area contributed by atoms with Gasteiger partial charge in [0, 0.05) is 44.3 Å². The highest BCUT2D eigenvalue weighted by molar-refractivity contribution is 6.22. The number of rotatable bonds is 6. The highest BCUT2D eigenvalue weighted by Gasteiger charge is 2.21. The van der Waals surface area contributed by atoms with Crippen LogP contribution in [0.4, 0.5) is 17.1 Å². The second kappa shape index (κ2) is 12.6. The van der Waals surface area contributed by atoms with Crippen LogP contribution in [-0.4, -0.2) is 9.55 Å². The van der Waals surface area contributed by atoms with Crippen molar-refractivity contribution in [3.05, 3.63) is 200 Å². The molecule has 0 aliphatic carbocycles. The van der Waals surface area contributed by atoms with Crippen LogP contribution < -0.4 is 4.90 Å². The van der Waals surface area contributed by atoms with E-state index < -0.39 is 0 Å². The number of hydrogen-bond donors (Lipinski definition) is 0. The van der Waals surface area contributed by atoms with Gasteiger partial charge >= 0.3 is 0 Å². The minimum atomic E-state index is 0.623. The normalized spacial score (nSPS) is 11.6. The minimum absolute atomic E-state index is 0.623. The number of aromatic nitrogens is 2. The topological polar surface area (TPSA) is 34.2 Å². The van der Waals surface area contributed by atoms with E-state index in [1.165, 1.54) is 37.8 Å². The standard InChI is InChI=1S/C51H33N3O/c1-3-15-37(16-4-1)51-52-45-23-12-22-43(50(45)55-51)36-25-28-39(29-26-36)53(46-24-11-17-34-13-7-9-20-41(34)46)40-30-31-44-48(33-40)54(38-18-5-2-6-19-38)47-32-27-35-14-8-10-21-42(35)49(44)47/h1-33H. The molecule has 0 spiro atoms. The quantitative estimate of drug-likeness (QED) is 0.173. The smallest absolute Gasteiger partial charge is 0.227 e. The Labute approximate surface area is 317 Å². The molecule has 9 aromatic carbocycles. The van der Waals surface area contributed by atoms with E-state index in [9.17, 15) is 0 Å². The van der Waals surface area contributed by atoms with Crippen molar-refractivity contribution in [3.63, 3.8) is 0 Å². The second-order valence-electron chi connectivity index (χ2n) is 14.0. The van der Waals surface area contributed by atoms with Crippen molar-refractivity contribution in [2.75, 3.05) is 4.90 Å². The Kier molecular flexibility index (Phi) is 7.14. The van der Waals surface area contributed by atoms with Crippen LogP contribution in [0.5, 0.6) is 0 Å². The summed E-state index contributed by atoms with van der Waals surface area (Å²) in [6, 6.07) is 71.1. The van der Waals surface area contributed by atoms with E-state index >= 15 is 0 Å². The monoisotopic (exact) mass is 703 g/mol. The van der Waals surface area contributed by atoms with Crippen LogP contribution in [0.15, 0.2) is 205 Å². The van der Waals surface area contributed by atoms with E-state index in [0.29, 0.717) is 5.89 Å². The summed E-state index contributed by atoms with van der Waals surface area (Å²) in [7, 11) is 0. The fourth-order valence-electron chi connectivity index (χ4n) is 8.27. The van der Waals surface area contributed by atoms with Crippen molar-refractivity contribution < 1.29 is 4.42 Å². The molecule has 11 rings (SSSR count). The zero-order valence-corrected chi connectivity index (χ0v) is 29.8. The number of hydrogen-bond acceptors (Lipinski definition) is 3. The lowest BCUT2D eigenvalue weighted by molar-refractivity contribution is 0.621. The maximum atomic E-state index is 6.42. The van der Waals surface area contributed by atoms with Gasteiger partial charge in [0.25, 0.3) is 0 Å². The van der Waals surface area contributed by atoms with E-state index in [4.69, 9.17) is 9.40 Å². The Morgan fingerprint density at radius 3 is 1.95 bits per heavy atom. The summed E-state index contributed by atoms with van der Waals surface area (Å²) in [5.41, 5.74) is 11.4. The van der Waals surface area contributed by atoms with Crippen LogP contribution in [0.2, 0.25) is 0 Å². The van der Waals surface area contributed by atoms with Crippen LogP contribution in [0.3, 0.4) is 0 Å². The molecule has 0 saturated carbocycles. The minimum Gasteiger partial charge on any atom is -0.435 e. The lowest BCUT2D eigenvalue weighted by atomic mass is 10.0. The molecule has 0 amide bonds. The zero-order valence-electron chi connectivity index (χ0n) is 29.8. The Bertz CT molecular complexity index is 3190. The summed E-state index contributed by atoms with van der Waals surface area (Å²) >= 11 is 0. The molecule has 0 radical (unpaired) electrons. The van der Waals surface area contributed by atoms with E-state index in [2.05, 4.69) is 173 Å². The molecular weight excluding hydrogens is 671 g/mol. The number of oxazole rings is 1. The third-order valence-corrected chi connectivity index (χ3v) is 10.8. The van der Waals surface area contributed by atoms with Gasteiger partial charge in [0.05, 0.1) is 16.7 Å². The maximum Gasteiger partial charge on any atom is 0.227 e. The molecule has 0 fully saturated rings. The number of para-hydroxylation sites is 2. The highest BCUT2D eigenvalue weighted by atomic mass is 16.3. The molecule has 0 aliphatic heterocycles. The van der Waals surface area contributed by atoms with E-state index in [1.54, 1.807) is 0 Å². The van der Waals surface area contributed by atoms with Gasteiger partial charge in [-0.25, -0.2) is 4.98 Å². The molecule has 0 unspecified atom stereocenters. The van der Waals surface area contributed by atoms with Crippen LogP contribution in [0.25, 0.3) is 82.7 Å². The van der Waals surface area contributed by atoms with Crippen LogP contribution in [0, 0.1) is 0 Å². The molecule has 0 saturated heterocycles. The third kappa shape index (κ3) is 5.11. The van der Waals surface area contributed by atoms with Crippen molar-refractivity contribution in [3.8, 4) is 28.3 Å². The SMILES string of the molecule is c1ccc(-c2nc3cccc(-c4ccc(N(c5ccc6c7c8ccccc8ccc7n(-c7ccccc7)c6c5)c5cccc6ccccc56)cc4)c3o2)cc1. The third-order valence-electron chi connectivity index (χ3n) is 10.8. The molecule has 0 bridgehead atoms. The predicted molar refractivity (Wildman–Crippen MR) is 229 cm³/mol. The van der Waals surface area contributed by atoms with Gasteiger partial charge in [0.2, 0.25) is 5.89 Å². The summed E-state index contributed by atoms with van der Waals surface area (Å²) in [5, 5.41) is 7.36. The van der Waals surface area contributed by atoms with Gasteiger partial charge in [0.1, 0.15) is 5.52 Å². The molecule has 2 aromatic heterocycles. The molecule has 258 valence electrons. The molecule has 0 aliphatic rings. The number of fused-ring (bicyclic) bond motifs is 7. The molecule has 0 atom stereocenters. The molecule has 11 aromatic rings. The van der Waals surface area contributed by atoms with Crippen molar-refractivity contribution in [1.82, 2.24) is 9.55 Å². The zero-order chi connectivity index (χ0) is 36.3. The summed E-state index contributed by atoms with van der Waals surface area (Å²) in [4.78, 5) is 7.22. The number of nitrogens with zero attached hydrogens (tertiary/aromatic N) is 3. The Balaban J connectivity index is 1.11. The van der Waals surface area contributed by atoms with E-state index in [0.717, 1.165) is 56.1 Å². The first-order valence-electron chi connectivity index (χ1n) is 18.6. The fraction of sp³-hybridized carbons (Fsp3) is 0. The average Bonchev–Trinajstić information content (AvgIpc) is 3.85. The second-order valence-corrected chi connectivity index (χ2v) is 14.0. The largest absolute Gasteiger partial charge is 0.435 e. The Hall–Kier alpha value is -7.43. The average molecular weight is 704 g/mol. The first kappa shape index (κ1) is 31.1. The summed E-state index contributed by atoms with van der Waals surface area (Å²) in [5.74, 6) is 0.623. The Morgan fingerprint density at radius 1 is 0.455 bits per heavy atom. The highest BCUT2D eigenvalue weighted by Crippen LogP contribution is 2.44. The van der Waals surface area contributed by atoms with Crippen LogP contribution in [-0.2, 0) is 0 Å². The van der Waals surface area contributed by atoms with E-state index in [-0.39, 0.29) is 0 Å². The molecular formula is C51H33N3O. The molecule has 4 heteroatoms. The van der Waals surface area contributed by atoms with Gasteiger partial charge in [-0.05, 0) is 88.5 Å². The lowest BCUT2D eigenvalue weighted by Gasteiger charge is -2.27. The van der Waals surface area contributed by atoms with Crippen LogP contribution in [0.1, 0.15) is 0 Å². The first-order chi connectivity index (χ1) is 27.3. The van der Waals surface area contributed by atoms with Gasteiger partial charge < -0.3 is 13.9 Å². The molecule has 0 N–H and O–H groups in total. The lowest BCUT2D eigenvalue weighted by Crippen LogP contribution is -2.10. The van der Waals surface area contributed by atoms with Gasteiger partial charge in [-0.3, -0.25) is 0 Å². The summed E-state index contributed by atoms with van der Waals surface area (Å²) in [6.45, 7) is 0. The van der Waals surface area contributed by atoms with Crippen molar-refractivity contribution in [2.24, 2.45) is 0 Å². The summed E-state index contributed by atoms with van der Waals surface area (Å²) < 4.78 is 8.83. The molecule has 2 heterocycles. The van der Waals surface area contributed by atoms with E-state index in [1.807, 2.05) is 36.4 Å². The number of benzene rings is 9. The van der Waals surface area contributed by atoms with Crippen LogP contribution >= 0.6 is 0 Å². The van der Waals surface area contributed by atoms with Gasteiger partial charge in [-0.1, -0.05) is 133 Å². The first-order valence-corrected chi connectivity index (χ1v) is 18.6. The fourth-order valence-corrected chi connectivity index (χ4v) is 8.27.